The summed E-state index contributed by atoms with van der Waals surface area (Å²) >= 11 is 3.45. The Morgan fingerprint density at radius 1 is 1.22 bits per heavy atom. The van der Waals surface area contributed by atoms with Crippen LogP contribution in [0.25, 0.3) is 0 Å². The van der Waals surface area contributed by atoms with Crippen LogP contribution in [0.3, 0.4) is 0 Å². The highest BCUT2D eigenvalue weighted by Gasteiger charge is 2.30. The molecule has 2 N–H and O–H groups in total. The number of ether oxygens (including phenoxy) is 1. The molecular formula is C15H22BrNO. The second-order valence-electron chi connectivity index (χ2n) is 5.32. The van der Waals surface area contributed by atoms with Gasteiger partial charge in [0.1, 0.15) is 5.75 Å². The molecule has 3 heteroatoms. The molecule has 0 bridgehead atoms. The van der Waals surface area contributed by atoms with Crippen LogP contribution in [0.1, 0.15) is 38.5 Å². The monoisotopic (exact) mass is 311 g/mol. The summed E-state index contributed by atoms with van der Waals surface area (Å²) < 4.78 is 6.89. The Morgan fingerprint density at radius 2 is 2.00 bits per heavy atom. The molecule has 0 aromatic heterocycles. The lowest BCUT2D eigenvalue weighted by Crippen LogP contribution is -2.34. The number of rotatable bonds is 5. The van der Waals surface area contributed by atoms with Gasteiger partial charge in [0.25, 0.3) is 0 Å². The third-order valence-electron chi connectivity index (χ3n) is 4.04. The van der Waals surface area contributed by atoms with Gasteiger partial charge >= 0.3 is 0 Å². The quantitative estimate of drug-likeness (QED) is 0.887. The number of halogens is 1. The van der Waals surface area contributed by atoms with Crippen molar-refractivity contribution in [3.63, 3.8) is 0 Å². The average Bonchev–Trinajstić information content (AvgIpc) is 2.40. The Balaban J connectivity index is 1.83. The number of nitrogens with two attached hydrogens (primary N) is 1. The van der Waals surface area contributed by atoms with Gasteiger partial charge in [-0.3, -0.25) is 0 Å². The maximum absolute atomic E-state index is 5.98. The molecule has 2 rings (SSSR count). The van der Waals surface area contributed by atoms with E-state index in [2.05, 4.69) is 15.9 Å². The van der Waals surface area contributed by atoms with Gasteiger partial charge in [0, 0.05) is 4.47 Å². The van der Waals surface area contributed by atoms with Gasteiger partial charge in [-0.15, -0.1) is 0 Å². The highest BCUT2D eigenvalue weighted by molar-refractivity contribution is 9.10. The van der Waals surface area contributed by atoms with Crippen molar-refractivity contribution in [2.45, 2.75) is 38.5 Å². The summed E-state index contributed by atoms with van der Waals surface area (Å²) in [6, 6.07) is 8.02. The number of hydrogen-bond donors (Lipinski definition) is 1. The van der Waals surface area contributed by atoms with E-state index in [0.29, 0.717) is 5.41 Å². The fourth-order valence-corrected chi connectivity index (χ4v) is 3.18. The topological polar surface area (TPSA) is 35.2 Å². The molecule has 1 saturated carbocycles. The van der Waals surface area contributed by atoms with E-state index in [1.54, 1.807) is 0 Å². The SMILES string of the molecule is NCC1(CCOc2cccc(Br)c2)CCCCC1. The van der Waals surface area contributed by atoms with Crippen LogP contribution in [0.2, 0.25) is 0 Å². The maximum Gasteiger partial charge on any atom is 0.120 e. The standard InChI is InChI=1S/C15H22BrNO/c16-13-5-4-6-14(11-13)18-10-9-15(12-17)7-2-1-3-8-15/h4-6,11H,1-3,7-10,12,17H2. The Morgan fingerprint density at radius 3 is 2.67 bits per heavy atom. The van der Waals surface area contributed by atoms with E-state index >= 15 is 0 Å². The molecule has 0 radical (unpaired) electrons. The first-order valence-electron chi connectivity index (χ1n) is 6.83. The van der Waals surface area contributed by atoms with E-state index in [4.69, 9.17) is 10.5 Å². The fraction of sp³-hybridized carbons (Fsp3) is 0.600. The van der Waals surface area contributed by atoms with Crippen molar-refractivity contribution < 1.29 is 4.74 Å². The van der Waals surface area contributed by atoms with Crippen LogP contribution in [0.4, 0.5) is 0 Å². The summed E-state index contributed by atoms with van der Waals surface area (Å²) in [5.74, 6) is 0.937. The van der Waals surface area contributed by atoms with Crippen molar-refractivity contribution in [1.82, 2.24) is 0 Å². The molecule has 0 unspecified atom stereocenters. The van der Waals surface area contributed by atoms with Gasteiger partial charge in [0.2, 0.25) is 0 Å². The van der Waals surface area contributed by atoms with Crippen LogP contribution in [0, 0.1) is 5.41 Å². The fourth-order valence-electron chi connectivity index (χ4n) is 2.80. The second kappa shape index (κ2) is 6.58. The average molecular weight is 312 g/mol. The lowest BCUT2D eigenvalue weighted by molar-refractivity contribution is 0.145. The number of hydrogen-bond acceptors (Lipinski definition) is 2. The maximum atomic E-state index is 5.98. The van der Waals surface area contributed by atoms with E-state index in [-0.39, 0.29) is 0 Å². The van der Waals surface area contributed by atoms with Crippen molar-refractivity contribution in [1.29, 1.82) is 0 Å². The molecule has 0 atom stereocenters. The summed E-state index contributed by atoms with van der Waals surface area (Å²) in [6.45, 7) is 1.57. The smallest absolute Gasteiger partial charge is 0.120 e. The Labute approximate surface area is 118 Å². The molecule has 0 spiro atoms. The molecule has 2 nitrogen and oxygen atoms in total. The molecule has 0 heterocycles. The van der Waals surface area contributed by atoms with E-state index in [9.17, 15) is 0 Å². The van der Waals surface area contributed by atoms with E-state index in [0.717, 1.165) is 29.8 Å². The lowest BCUT2D eigenvalue weighted by atomic mass is 9.72. The molecule has 1 fully saturated rings. The van der Waals surface area contributed by atoms with Crippen LogP contribution in [0.15, 0.2) is 28.7 Å². The van der Waals surface area contributed by atoms with Gasteiger partial charge in [-0.1, -0.05) is 41.3 Å². The molecule has 0 aliphatic heterocycles. The molecule has 100 valence electrons. The van der Waals surface area contributed by atoms with Crippen molar-refractivity contribution in [3.05, 3.63) is 28.7 Å². The normalized spacial score (nSPS) is 18.6. The number of benzene rings is 1. The largest absolute Gasteiger partial charge is 0.494 e. The highest BCUT2D eigenvalue weighted by Crippen LogP contribution is 2.38. The zero-order chi connectivity index (χ0) is 12.8. The van der Waals surface area contributed by atoms with E-state index < -0.39 is 0 Å². The van der Waals surface area contributed by atoms with Gasteiger partial charge in [-0.05, 0) is 49.4 Å². The van der Waals surface area contributed by atoms with Crippen LogP contribution >= 0.6 is 15.9 Å². The van der Waals surface area contributed by atoms with E-state index in [1.165, 1.54) is 32.1 Å². The van der Waals surface area contributed by atoms with E-state index in [1.807, 2.05) is 24.3 Å². The van der Waals surface area contributed by atoms with Gasteiger partial charge < -0.3 is 10.5 Å². The first-order valence-corrected chi connectivity index (χ1v) is 7.62. The van der Waals surface area contributed by atoms with Crippen molar-refractivity contribution in [2.24, 2.45) is 11.1 Å². The summed E-state index contributed by atoms with van der Waals surface area (Å²) in [5, 5.41) is 0. The molecule has 0 amide bonds. The second-order valence-corrected chi connectivity index (χ2v) is 6.24. The Bertz CT molecular complexity index is 375. The zero-order valence-corrected chi connectivity index (χ0v) is 12.4. The molecule has 1 aliphatic carbocycles. The third kappa shape index (κ3) is 3.72. The first-order chi connectivity index (χ1) is 8.74. The van der Waals surface area contributed by atoms with Crippen molar-refractivity contribution in [2.75, 3.05) is 13.2 Å². The van der Waals surface area contributed by atoms with Gasteiger partial charge in [0.15, 0.2) is 0 Å². The van der Waals surface area contributed by atoms with Crippen LogP contribution < -0.4 is 10.5 Å². The molecule has 18 heavy (non-hydrogen) atoms. The minimum atomic E-state index is 0.338. The zero-order valence-electron chi connectivity index (χ0n) is 10.8. The van der Waals surface area contributed by atoms with Crippen LogP contribution in [0.5, 0.6) is 5.75 Å². The summed E-state index contributed by atoms with van der Waals surface area (Å²) in [6.07, 6.45) is 7.64. The first kappa shape index (κ1) is 13.9. The van der Waals surface area contributed by atoms with Crippen molar-refractivity contribution >= 4 is 15.9 Å². The molecule has 1 aliphatic rings. The van der Waals surface area contributed by atoms with Gasteiger partial charge in [-0.25, -0.2) is 0 Å². The predicted molar refractivity (Wildman–Crippen MR) is 78.8 cm³/mol. The molecule has 1 aromatic rings. The summed E-state index contributed by atoms with van der Waals surface area (Å²) in [5.41, 5.74) is 6.32. The predicted octanol–water partition coefficient (Wildman–Crippen LogP) is 4.13. The Hall–Kier alpha value is -0.540. The molecular weight excluding hydrogens is 290 g/mol. The van der Waals surface area contributed by atoms with Crippen LogP contribution in [-0.2, 0) is 0 Å². The summed E-state index contributed by atoms with van der Waals surface area (Å²) in [4.78, 5) is 0. The molecule has 1 aromatic carbocycles. The minimum Gasteiger partial charge on any atom is -0.494 e. The summed E-state index contributed by atoms with van der Waals surface area (Å²) in [7, 11) is 0. The van der Waals surface area contributed by atoms with Crippen molar-refractivity contribution in [3.8, 4) is 5.75 Å². The van der Waals surface area contributed by atoms with Gasteiger partial charge in [0.05, 0.1) is 6.61 Å². The lowest BCUT2D eigenvalue weighted by Gasteiger charge is -2.36. The minimum absolute atomic E-state index is 0.338. The van der Waals surface area contributed by atoms with Crippen LogP contribution in [-0.4, -0.2) is 13.2 Å². The van der Waals surface area contributed by atoms with Gasteiger partial charge in [-0.2, -0.15) is 0 Å². The molecule has 0 saturated heterocycles. The third-order valence-corrected chi connectivity index (χ3v) is 4.54. The highest BCUT2D eigenvalue weighted by atomic mass is 79.9. The Kier molecular flexibility index (Phi) is 5.07.